The second kappa shape index (κ2) is 7.59. The fraction of sp³-hybridized carbons (Fsp3) is 0.200. The van der Waals surface area contributed by atoms with Crippen LogP contribution in [0, 0.1) is 0 Å². The van der Waals surface area contributed by atoms with Gasteiger partial charge in [-0.05, 0) is 37.6 Å². The Hall–Kier alpha value is -1.88. The number of anilines is 1. The van der Waals surface area contributed by atoms with Gasteiger partial charge in [-0.25, -0.2) is 5.48 Å². The predicted molar refractivity (Wildman–Crippen MR) is 91.8 cm³/mol. The number of carbonyl (C=O) groups is 1. The third kappa shape index (κ3) is 4.79. The molecule has 1 heterocycles. The Morgan fingerprint density at radius 2 is 2.09 bits per heavy atom. The summed E-state index contributed by atoms with van der Waals surface area (Å²) in [4.78, 5) is 20.7. The Labute approximate surface area is 139 Å². The molecule has 0 unspecified atom stereocenters. The fourth-order valence-corrected chi connectivity index (χ4v) is 4.08. The van der Waals surface area contributed by atoms with E-state index >= 15 is 0 Å². The van der Waals surface area contributed by atoms with E-state index in [1.807, 2.05) is 0 Å². The van der Waals surface area contributed by atoms with Crippen molar-refractivity contribution in [2.45, 2.75) is 0 Å². The van der Waals surface area contributed by atoms with Gasteiger partial charge in [0.2, 0.25) is 0 Å². The van der Waals surface area contributed by atoms with Crippen LogP contribution < -0.4 is 16.1 Å². The highest BCUT2D eigenvalue weighted by molar-refractivity contribution is 7.70. The molecule has 0 aliphatic heterocycles. The first kappa shape index (κ1) is 17.5. The maximum atomic E-state index is 12.3. The zero-order chi connectivity index (χ0) is 16.9. The molecule has 0 bridgehead atoms. The third-order valence-corrected chi connectivity index (χ3v) is 4.95. The van der Waals surface area contributed by atoms with Crippen LogP contribution >= 0.6 is 18.7 Å². The Bertz CT molecular complexity index is 734. The minimum Gasteiger partial charge on any atom is -0.360 e. The van der Waals surface area contributed by atoms with Crippen molar-refractivity contribution in [3.05, 3.63) is 53.3 Å². The zero-order valence-electron chi connectivity index (χ0n) is 12.7. The van der Waals surface area contributed by atoms with Gasteiger partial charge in [0.1, 0.15) is 13.9 Å². The van der Waals surface area contributed by atoms with Gasteiger partial charge in [-0.3, -0.25) is 14.6 Å². The van der Waals surface area contributed by atoms with Crippen molar-refractivity contribution in [2.75, 3.05) is 25.4 Å². The molecule has 0 fully saturated rings. The minimum absolute atomic E-state index is 0.000650. The van der Waals surface area contributed by atoms with Crippen LogP contribution in [-0.4, -0.2) is 31.0 Å². The normalized spacial score (nSPS) is 11.1. The number of nitrogens with one attached hydrogen (secondary N) is 2. The lowest BCUT2D eigenvalue weighted by Crippen LogP contribution is -2.27. The van der Waals surface area contributed by atoms with Crippen LogP contribution in [0.2, 0.25) is 5.02 Å². The maximum absolute atomic E-state index is 12.3. The van der Waals surface area contributed by atoms with Crippen LogP contribution in [0.3, 0.4) is 0 Å². The van der Waals surface area contributed by atoms with E-state index in [2.05, 4.69) is 15.8 Å². The largest absolute Gasteiger partial charge is 0.360 e. The standard InChI is InChI=1S/C15H17ClN3O3P/c1-23(2,21)14-12(16)6-3-7-13(14)18-10-22-19-15(20)11-5-4-8-17-9-11/h3-9,18H,10H2,1-2H3,(H,19,20). The smallest absolute Gasteiger partial charge is 0.276 e. The number of nitrogens with zero attached hydrogens (tertiary/aromatic N) is 1. The number of aromatic nitrogens is 1. The monoisotopic (exact) mass is 353 g/mol. The third-order valence-electron chi connectivity index (χ3n) is 2.95. The number of hydrogen-bond acceptors (Lipinski definition) is 5. The molecule has 8 heteroatoms. The molecule has 2 rings (SSSR count). The summed E-state index contributed by atoms with van der Waals surface area (Å²) >= 11 is 6.13. The predicted octanol–water partition coefficient (Wildman–Crippen LogP) is 2.71. The second-order valence-corrected chi connectivity index (χ2v) is 8.68. The number of hydrogen-bond donors (Lipinski definition) is 2. The van der Waals surface area contributed by atoms with Crippen LogP contribution in [0.4, 0.5) is 5.69 Å². The molecular weight excluding hydrogens is 337 g/mol. The van der Waals surface area contributed by atoms with Crippen molar-refractivity contribution in [1.29, 1.82) is 0 Å². The molecule has 0 saturated carbocycles. The van der Waals surface area contributed by atoms with Crippen LogP contribution in [0.5, 0.6) is 0 Å². The van der Waals surface area contributed by atoms with Crippen molar-refractivity contribution < 1.29 is 14.2 Å². The summed E-state index contributed by atoms with van der Waals surface area (Å²) in [5.74, 6) is -0.400. The molecule has 2 aromatic rings. The summed E-state index contributed by atoms with van der Waals surface area (Å²) in [6.07, 6.45) is 3.01. The Kier molecular flexibility index (Phi) is 5.77. The molecule has 0 radical (unpaired) electrons. The summed E-state index contributed by atoms with van der Waals surface area (Å²) in [7, 11) is -2.55. The molecule has 0 atom stereocenters. The summed E-state index contributed by atoms with van der Waals surface area (Å²) in [6.45, 7) is 3.29. The number of hydroxylamine groups is 1. The quantitative estimate of drug-likeness (QED) is 0.361. The number of benzene rings is 1. The second-order valence-electron chi connectivity index (χ2n) is 5.13. The molecule has 0 aliphatic rings. The van der Waals surface area contributed by atoms with E-state index in [9.17, 15) is 9.36 Å². The van der Waals surface area contributed by atoms with Gasteiger partial charge in [-0.2, -0.15) is 0 Å². The van der Waals surface area contributed by atoms with Gasteiger partial charge < -0.3 is 9.88 Å². The Balaban J connectivity index is 1.94. The van der Waals surface area contributed by atoms with Crippen LogP contribution in [0.1, 0.15) is 10.4 Å². The summed E-state index contributed by atoms with van der Waals surface area (Å²) in [6, 6.07) is 8.47. The summed E-state index contributed by atoms with van der Waals surface area (Å²) < 4.78 is 12.3. The first-order chi connectivity index (χ1) is 10.9. The van der Waals surface area contributed by atoms with E-state index in [0.717, 1.165) is 0 Å². The lowest BCUT2D eigenvalue weighted by Gasteiger charge is -2.16. The summed E-state index contributed by atoms with van der Waals surface area (Å²) in [5.41, 5.74) is 3.30. The van der Waals surface area contributed by atoms with E-state index in [-0.39, 0.29) is 6.73 Å². The van der Waals surface area contributed by atoms with Gasteiger partial charge >= 0.3 is 0 Å². The van der Waals surface area contributed by atoms with E-state index in [1.54, 1.807) is 49.9 Å². The van der Waals surface area contributed by atoms with Crippen molar-refractivity contribution in [2.24, 2.45) is 0 Å². The average molecular weight is 354 g/mol. The topological polar surface area (TPSA) is 80.3 Å². The summed E-state index contributed by atoms with van der Waals surface area (Å²) in [5, 5.41) is 3.95. The molecule has 6 nitrogen and oxygen atoms in total. The minimum atomic E-state index is -2.55. The van der Waals surface area contributed by atoms with Crippen molar-refractivity contribution in [3.8, 4) is 0 Å². The Morgan fingerprint density at radius 1 is 1.30 bits per heavy atom. The molecular formula is C15H17ClN3O3P. The highest BCUT2D eigenvalue weighted by Crippen LogP contribution is 2.40. The van der Waals surface area contributed by atoms with Crippen molar-refractivity contribution in [1.82, 2.24) is 10.5 Å². The number of carbonyl (C=O) groups excluding carboxylic acids is 1. The maximum Gasteiger partial charge on any atom is 0.276 e. The molecule has 1 aromatic heterocycles. The molecule has 0 spiro atoms. The van der Waals surface area contributed by atoms with Gasteiger partial charge in [0, 0.05) is 18.1 Å². The molecule has 23 heavy (non-hydrogen) atoms. The van der Waals surface area contributed by atoms with Gasteiger partial charge in [0.15, 0.2) is 0 Å². The lowest BCUT2D eigenvalue weighted by atomic mass is 10.3. The van der Waals surface area contributed by atoms with Gasteiger partial charge in [-0.1, -0.05) is 17.7 Å². The first-order valence-electron chi connectivity index (χ1n) is 6.79. The number of halogens is 1. The first-order valence-corrected chi connectivity index (χ1v) is 9.77. The number of pyridine rings is 1. The Morgan fingerprint density at radius 3 is 2.74 bits per heavy atom. The molecule has 1 amide bonds. The van der Waals surface area contributed by atoms with E-state index < -0.39 is 13.0 Å². The van der Waals surface area contributed by atoms with Gasteiger partial charge in [0.05, 0.1) is 15.9 Å². The molecule has 0 saturated heterocycles. The highest BCUT2D eigenvalue weighted by Gasteiger charge is 2.19. The van der Waals surface area contributed by atoms with Gasteiger partial charge in [0.25, 0.3) is 5.91 Å². The SMILES string of the molecule is CP(C)(=O)c1c(Cl)cccc1NCONC(=O)c1cccnc1. The van der Waals surface area contributed by atoms with E-state index in [1.165, 1.54) is 6.20 Å². The van der Waals surface area contributed by atoms with Crippen LogP contribution in [0.25, 0.3) is 0 Å². The molecule has 122 valence electrons. The zero-order valence-corrected chi connectivity index (χ0v) is 14.4. The van der Waals surface area contributed by atoms with E-state index in [4.69, 9.17) is 16.4 Å². The van der Waals surface area contributed by atoms with Crippen molar-refractivity contribution >= 4 is 35.6 Å². The molecule has 1 aromatic carbocycles. The average Bonchev–Trinajstić information content (AvgIpc) is 2.51. The number of amides is 1. The van der Waals surface area contributed by atoms with E-state index in [0.29, 0.717) is 21.6 Å². The highest BCUT2D eigenvalue weighted by atomic mass is 35.5. The lowest BCUT2D eigenvalue weighted by molar-refractivity contribution is 0.0383. The fourth-order valence-electron chi connectivity index (χ4n) is 1.98. The van der Waals surface area contributed by atoms with Crippen LogP contribution in [0.15, 0.2) is 42.7 Å². The van der Waals surface area contributed by atoms with Crippen LogP contribution in [-0.2, 0) is 9.40 Å². The number of rotatable bonds is 6. The molecule has 0 aliphatic carbocycles. The van der Waals surface area contributed by atoms with Crippen molar-refractivity contribution in [3.63, 3.8) is 0 Å². The molecule has 2 N–H and O–H groups in total. The van der Waals surface area contributed by atoms with Gasteiger partial charge in [-0.15, -0.1) is 0 Å².